The number of hydrogen-bond donors (Lipinski definition) is 0. The van der Waals surface area contributed by atoms with Crippen LogP contribution in [-0.4, -0.2) is 15.6 Å². The highest BCUT2D eigenvalue weighted by Gasteiger charge is 2.10. The van der Waals surface area contributed by atoms with Crippen molar-refractivity contribution in [3.8, 4) is 5.75 Å². The fraction of sp³-hybridized carbons (Fsp3) is 0.238. The number of carbonyl (C=O) groups excluding carboxylic acids is 1. The van der Waals surface area contributed by atoms with Crippen LogP contribution in [0.25, 0.3) is 6.08 Å². The number of aryl methyl sites for hydroxylation is 4. The molecule has 0 aliphatic rings. The first-order chi connectivity index (χ1) is 12.4. The van der Waals surface area contributed by atoms with Gasteiger partial charge in [-0.05, 0) is 68.3 Å². The summed E-state index contributed by atoms with van der Waals surface area (Å²) < 4.78 is 13.1. The third-order valence-corrected chi connectivity index (χ3v) is 3.94. The van der Waals surface area contributed by atoms with Gasteiger partial charge in [0, 0.05) is 13.2 Å². The molecule has 0 spiro atoms. The van der Waals surface area contributed by atoms with Gasteiger partial charge in [-0.1, -0.05) is 6.07 Å². The number of ketones is 1. The Labute approximate surface area is 152 Å². The summed E-state index contributed by atoms with van der Waals surface area (Å²) in [5.74, 6) is 2.03. The number of ether oxygens (including phenoxy) is 1. The first-order valence-electron chi connectivity index (χ1n) is 8.43. The van der Waals surface area contributed by atoms with E-state index in [0.29, 0.717) is 29.4 Å². The lowest BCUT2D eigenvalue weighted by Gasteiger charge is -2.06. The lowest BCUT2D eigenvalue weighted by Crippen LogP contribution is -1.95. The van der Waals surface area contributed by atoms with Gasteiger partial charge in [-0.3, -0.25) is 9.48 Å². The molecule has 0 radical (unpaired) electrons. The molecule has 0 N–H and O–H groups in total. The molecule has 0 atom stereocenters. The van der Waals surface area contributed by atoms with Gasteiger partial charge in [-0.25, -0.2) is 0 Å². The Balaban J connectivity index is 1.62. The molecule has 5 nitrogen and oxygen atoms in total. The van der Waals surface area contributed by atoms with Crippen molar-refractivity contribution in [2.24, 2.45) is 7.05 Å². The summed E-state index contributed by atoms with van der Waals surface area (Å²) in [4.78, 5) is 12.2. The second-order valence-corrected chi connectivity index (χ2v) is 6.42. The van der Waals surface area contributed by atoms with E-state index in [0.717, 1.165) is 16.9 Å². The Hall–Kier alpha value is -3.08. The average Bonchev–Trinajstić information content (AvgIpc) is 3.16. The van der Waals surface area contributed by atoms with Gasteiger partial charge in [0.15, 0.2) is 5.78 Å². The number of rotatable bonds is 6. The van der Waals surface area contributed by atoms with Gasteiger partial charge in [0.1, 0.15) is 23.9 Å². The molecular weight excluding hydrogens is 328 g/mol. The van der Waals surface area contributed by atoms with Crippen molar-refractivity contribution in [3.05, 3.63) is 76.5 Å². The Morgan fingerprint density at radius 1 is 1.19 bits per heavy atom. The number of aromatic nitrogens is 2. The molecule has 0 saturated carbocycles. The van der Waals surface area contributed by atoms with Gasteiger partial charge in [0.25, 0.3) is 0 Å². The second-order valence-electron chi connectivity index (χ2n) is 6.42. The zero-order chi connectivity index (χ0) is 18.7. The number of benzene rings is 1. The van der Waals surface area contributed by atoms with Crippen molar-refractivity contribution in [2.75, 3.05) is 0 Å². The standard InChI is InChI=1S/C21H22N2O3/c1-14-9-15(2)11-19(10-14)25-13-18-6-5-17(26-18)7-8-21(24)20-12-23(4)22-16(20)3/h5-12H,13H2,1-4H3. The number of allylic oxidation sites excluding steroid dienone is 1. The van der Waals surface area contributed by atoms with Crippen LogP contribution in [0.2, 0.25) is 0 Å². The fourth-order valence-corrected chi connectivity index (χ4v) is 2.82. The molecule has 5 heteroatoms. The molecule has 0 unspecified atom stereocenters. The van der Waals surface area contributed by atoms with E-state index in [4.69, 9.17) is 9.15 Å². The third kappa shape index (κ3) is 4.30. The van der Waals surface area contributed by atoms with E-state index in [1.54, 1.807) is 24.0 Å². The van der Waals surface area contributed by atoms with Crippen LogP contribution < -0.4 is 4.74 Å². The summed E-state index contributed by atoms with van der Waals surface area (Å²) in [6, 6.07) is 9.75. The van der Waals surface area contributed by atoms with Gasteiger partial charge in [-0.15, -0.1) is 0 Å². The molecule has 0 aliphatic carbocycles. The molecule has 0 fully saturated rings. The molecule has 0 bridgehead atoms. The number of nitrogens with zero attached hydrogens (tertiary/aromatic N) is 2. The van der Waals surface area contributed by atoms with E-state index in [-0.39, 0.29) is 5.78 Å². The smallest absolute Gasteiger partial charge is 0.189 e. The fourth-order valence-electron chi connectivity index (χ4n) is 2.82. The summed E-state index contributed by atoms with van der Waals surface area (Å²) in [5.41, 5.74) is 3.62. The van der Waals surface area contributed by atoms with Crippen molar-refractivity contribution < 1.29 is 13.9 Å². The summed E-state index contributed by atoms with van der Waals surface area (Å²) in [6.07, 6.45) is 4.87. The Bertz CT molecular complexity index is 943. The molecule has 2 heterocycles. The van der Waals surface area contributed by atoms with Gasteiger partial charge in [0.05, 0.1) is 11.3 Å². The van der Waals surface area contributed by atoms with Crippen molar-refractivity contribution in [1.82, 2.24) is 9.78 Å². The summed E-state index contributed by atoms with van der Waals surface area (Å²) in [6.45, 7) is 6.23. The highest BCUT2D eigenvalue weighted by Crippen LogP contribution is 2.19. The predicted molar refractivity (Wildman–Crippen MR) is 100 cm³/mol. The molecule has 26 heavy (non-hydrogen) atoms. The van der Waals surface area contributed by atoms with E-state index in [1.807, 2.05) is 45.0 Å². The molecule has 0 aliphatic heterocycles. The Morgan fingerprint density at radius 3 is 2.58 bits per heavy atom. The summed E-state index contributed by atoms with van der Waals surface area (Å²) in [5, 5.41) is 4.18. The summed E-state index contributed by atoms with van der Waals surface area (Å²) in [7, 11) is 1.79. The normalized spacial score (nSPS) is 11.2. The Morgan fingerprint density at radius 2 is 1.92 bits per heavy atom. The van der Waals surface area contributed by atoms with Crippen LogP contribution in [0.4, 0.5) is 0 Å². The van der Waals surface area contributed by atoms with Gasteiger partial charge in [-0.2, -0.15) is 5.10 Å². The highest BCUT2D eigenvalue weighted by atomic mass is 16.5. The largest absolute Gasteiger partial charge is 0.486 e. The SMILES string of the molecule is Cc1cc(C)cc(OCc2ccc(C=CC(=O)c3cn(C)nc3C)o2)c1. The van der Waals surface area contributed by atoms with Gasteiger partial charge < -0.3 is 9.15 Å². The quantitative estimate of drug-likeness (QED) is 0.488. The molecule has 0 amide bonds. The van der Waals surface area contributed by atoms with E-state index in [9.17, 15) is 4.79 Å². The van der Waals surface area contributed by atoms with Gasteiger partial charge >= 0.3 is 0 Å². The molecule has 0 saturated heterocycles. The van der Waals surface area contributed by atoms with E-state index < -0.39 is 0 Å². The maximum atomic E-state index is 12.2. The molecule has 2 aromatic heterocycles. The van der Waals surface area contributed by atoms with Crippen LogP contribution in [-0.2, 0) is 13.7 Å². The molecule has 3 rings (SSSR count). The van der Waals surface area contributed by atoms with Crippen LogP contribution in [0.15, 0.2) is 47.0 Å². The maximum absolute atomic E-state index is 12.2. The highest BCUT2D eigenvalue weighted by molar-refractivity contribution is 6.07. The minimum Gasteiger partial charge on any atom is -0.486 e. The number of furan rings is 1. The molecule has 1 aromatic carbocycles. The van der Waals surface area contributed by atoms with Crippen LogP contribution in [0, 0.1) is 20.8 Å². The zero-order valence-electron chi connectivity index (χ0n) is 15.4. The lowest BCUT2D eigenvalue weighted by atomic mass is 10.1. The third-order valence-electron chi connectivity index (χ3n) is 3.94. The molecular formula is C21H22N2O3. The van der Waals surface area contributed by atoms with Crippen molar-refractivity contribution in [1.29, 1.82) is 0 Å². The molecule has 134 valence electrons. The van der Waals surface area contributed by atoms with Crippen molar-refractivity contribution >= 4 is 11.9 Å². The van der Waals surface area contributed by atoms with E-state index in [1.165, 1.54) is 6.08 Å². The van der Waals surface area contributed by atoms with E-state index in [2.05, 4.69) is 11.2 Å². The Kier molecular flexibility index (Phi) is 5.07. The minimum atomic E-state index is -0.0972. The predicted octanol–water partition coefficient (Wildman–Crippen LogP) is 4.41. The minimum absolute atomic E-state index is 0.0972. The number of hydrogen-bond acceptors (Lipinski definition) is 4. The van der Waals surface area contributed by atoms with Crippen LogP contribution in [0.3, 0.4) is 0 Å². The van der Waals surface area contributed by atoms with Crippen LogP contribution >= 0.6 is 0 Å². The average molecular weight is 350 g/mol. The first-order valence-corrected chi connectivity index (χ1v) is 8.43. The van der Waals surface area contributed by atoms with Crippen LogP contribution in [0.1, 0.15) is 38.7 Å². The molecule has 3 aromatic rings. The summed E-state index contributed by atoms with van der Waals surface area (Å²) >= 11 is 0. The van der Waals surface area contributed by atoms with Crippen LogP contribution in [0.5, 0.6) is 5.75 Å². The van der Waals surface area contributed by atoms with Crippen molar-refractivity contribution in [2.45, 2.75) is 27.4 Å². The first kappa shape index (κ1) is 17.7. The van der Waals surface area contributed by atoms with Gasteiger partial charge in [0.2, 0.25) is 0 Å². The lowest BCUT2D eigenvalue weighted by molar-refractivity contribution is 0.104. The number of carbonyl (C=O) groups is 1. The maximum Gasteiger partial charge on any atom is 0.189 e. The second kappa shape index (κ2) is 7.44. The zero-order valence-corrected chi connectivity index (χ0v) is 15.4. The van der Waals surface area contributed by atoms with E-state index >= 15 is 0 Å². The topological polar surface area (TPSA) is 57.3 Å². The van der Waals surface area contributed by atoms with Crippen molar-refractivity contribution in [3.63, 3.8) is 0 Å². The monoisotopic (exact) mass is 350 g/mol.